The molecule has 4 heterocycles. The molecule has 2 saturated heterocycles. The van der Waals surface area contributed by atoms with E-state index in [1.54, 1.807) is 11.1 Å². The van der Waals surface area contributed by atoms with Crippen molar-refractivity contribution in [2.75, 3.05) is 56.1 Å². The maximum Gasteiger partial charge on any atom is 0.410 e. The number of piperazine rings is 1. The minimum atomic E-state index is -0.415. The lowest BCUT2D eigenvalue weighted by Crippen LogP contribution is -2.51. The van der Waals surface area contributed by atoms with Crippen molar-refractivity contribution in [2.45, 2.75) is 13.8 Å². The Balaban J connectivity index is 1.37. The van der Waals surface area contributed by atoms with Crippen molar-refractivity contribution in [1.82, 2.24) is 24.8 Å². The smallest absolute Gasteiger partial charge is 0.410 e. The molecular formula is C20H25N7O3. The van der Waals surface area contributed by atoms with E-state index in [1.807, 2.05) is 32.0 Å². The summed E-state index contributed by atoms with van der Waals surface area (Å²) in [4.78, 5) is 42.7. The SMILES string of the molecule is Cc1ccnc(Nc2cc(N3CCN(C(=O)CN4CCOC4=O)CC3)nc(C)n2)c1. The molecule has 30 heavy (non-hydrogen) atoms. The Morgan fingerprint density at radius 2 is 1.90 bits per heavy atom. The van der Waals surface area contributed by atoms with Gasteiger partial charge in [-0.3, -0.25) is 9.69 Å². The number of hydrogen-bond donors (Lipinski definition) is 1. The van der Waals surface area contributed by atoms with Gasteiger partial charge in [-0.25, -0.2) is 19.7 Å². The molecular weight excluding hydrogens is 386 g/mol. The number of cyclic esters (lactones) is 1. The first-order valence-corrected chi connectivity index (χ1v) is 9.98. The zero-order chi connectivity index (χ0) is 21.1. The molecule has 0 saturated carbocycles. The lowest BCUT2D eigenvalue weighted by Gasteiger charge is -2.36. The zero-order valence-corrected chi connectivity index (χ0v) is 17.2. The van der Waals surface area contributed by atoms with E-state index in [-0.39, 0.29) is 12.5 Å². The minimum absolute atomic E-state index is 0.0553. The molecule has 0 aromatic carbocycles. The van der Waals surface area contributed by atoms with Gasteiger partial charge in [-0.2, -0.15) is 0 Å². The Morgan fingerprint density at radius 3 is 2.60 bits per heavy atom. The van der Waals surface area contributed by atoms with Crippen LogP contribution in [-0.2, 0) is 9.53 Å². The summed E-state index contributed by atoms with van der Waals surface area (Å²) in [6, 6.07) is 5.79. The molecule has 10 heteroatoms. The number of rotatable bonds is 5. The monoisotopic (exact) mass is 411 g/mol. The summed E-state index contributed by atoms with van der Waals surface area (Å²) in [5, 5.41) is 3.23. The van der Waals surface area contributed by atoms with Crippen LogP contribution in [0.4, 0.5) is 22.2 Å². The van der Waals surface area contributed by atoms with Crippen molar-refractivity contribution in [3.05, 3.63) is 35.8 Å². The maximum absolute atomic E-state index is 12.5. The van der Waals surface area contributed by atoms with Gasteiger partial charge in [-0.15, -0.1) is 0 Å². The van der Waals surface area contributed by atoms with Crippen LogP contribution in [0.5, 0.6) is 0 Å². The van der Waals surface area contributed by atoms with E-state index in [1.165, 1.54) is 4.90 Å². The second-order valence-electron chi connectivity index (χ2n) is 7.41. The molecule has 2 fully saturated rings. The van der Waals surface area contributed by atoms with Crippen LogP contribution in [0.2, 0.25) is 0 Å². The maximum atomic E-state index is 12.5. The Labute approximate surface area is 174 Å². The van der Waals surface area contributed by atoms with Crippen molar-refractivity contribution in [1.29, 1.82) is 0 Å². The van der Waals surface area contributed by atoms with Gasteiger partial charge in [0.15, 0.2) is 0 Å². The van der Waals surface area contributed by atoms with Crippen molar-refractivity contribution >= 4 is 29.5 Å². The van der Waals surface area contributed by atoms with E-state index in [9.17, 15) is 9.59 Å². The molecule has 4 rings (SSSR count). The molecule has 0 unspecified atom stereocenters. The normalized spacial score (nSPS) is 16.6. The Morgan fingerprint density at radius 1 is 1.10 bits per heavy atom. The molecule has 0 radical (unpaired) electrons. The molecule has 0 aliphatic carbocycles. The number of aryl methyl sites for hydroxylation is 2. The third-order valence-electron chi connectivity index (χ3n) is 5.12. The fourth-order valence-electron chi connectivity index (χ4n) is 3.53. The van der Waals surface area contributed by atoms with Gasteiger partial charge in [0.2, 0.25) is 5.91 Å². The average Bonchev–Trinajstić information content (AvgIpc) is 3.12. The van der Waals surface area contributed by atoms with Crippen LogP contribution < -0.4 is 10.2 Å². The van der Waals surface area contributed by atoms with E-state index >= 15 is 0 Å². The highest BCUT2D eigenvalue weighted by Gasteiger charge is 2.28. The third kappa shape index (κ3) is 4.58. The lowest BCUT2D eigenvalue weighted by molar-refractivity contribution is -0.132. The standard InChI is InChI=1S/C20H25N7O3/c1-14-3-4-21-16(11-14)24-17-12-18(23-15(2)22-17)25-5-7-26(8-6-25)19(28)13-27-9-10-30-20(27)29/h3-4,11-12H,5-10,13H2,1-2H3,(H,21,22,23,24). The van der Waals surface area contributed by atoms with E-state index < -0.39 is 6.09 Å². The van der Waals surface area contributed by atoms with Gasteiger partial charge in [-0.05, 0) is 31.5 Å². The van der Waals surface area contributed by atoms with Crippen molar-refractivity contribution in [3.63, 3.8) is 0 Å². The molecule has 2 amide bonds. The van der Waals surface area contributed by atoms with Crippen LogP contribution in [0.15, 0.2) is 24.4 Å². The summed E-state index contributed by atoms with van der Waals surface area (Å²) in [5.41, 5.74) is 1.11. The number of carbonyl (C=O) groups is 2. The van der Waals surface area contributed by atoms with E-state index in [2.05, 4.69) is 25.2 Å². The molecule has 2 aromatic rings. The number of hydrogen-bond acceptors (Lipinski definition) is 8. The fraction of sp³-hybridized carbons (Fsp3) is 0.450. The van der Waals surface area contributed by atoms with Crippen LogP contribution in [0.1, 0.15) is 11.4 Å². The van der Waals surface area contributed by atoms with E-state index in [4.69, 9.17) is 4.74 Å². The summed E-state index contributed by atoms with van der Waals surface area (Å²) in [6.45, 7) is 7.23. The first-order valence-electron chi connectivity index (χ1n) is 9.98. The quantitative estimate of drug-likeness (QED) is 0.786. The lowest BCUT2D eigenvalue weighted by atomic mass is 10.3. The number of pyridine rings is 1. The number of aromatic nitrogens is 3. The molecule has 1 N–H and O–H groups in total. The molecule has 0 atom stereocenters. The van der Waals surface area contributed by atoms with Gasteiger partial charge in [0, 0.05) is 38.4 Å². The second-order valence-corrected chi connectivity index (χ2v) is 7.41. The predicted octanol–water partition coefficient (Wildman–Crippen LogP) is 1.33. The summed E-state index contributed by atoms with van der Waals surface area (Å²) in [6.07, 6.45) is 1.34. The first-order chi connectivity index (χ1) is 14.5. The molecule has 2 aliphatic heterocycles. The highest BCUT2D eigenvalue weighted by atomic mass is 16.6. The van der Waals surface area contributed by atoms with Crippen molar-refractivity contribution in [3.8, 4) is 0 Å². The van der Waals surface area contributed by atoms with Crippen LogP contribution in [0, 0.1) is 13.8 Å². The number of amides is 2. The molecule has 0 bridgehead atoms. The predicted molar refractivity (Wildman–Crippen MR) is 111 cm³/mol. The highest BCUT2D eigenvalue weighted by molar-refractivity contribution is 5.83. The van der Waals surface area contributed by atoms with Crippen molar-refractivity contribution in [2.24, 2.45) is 0 Å². The third-order valence-corrected chi connectivity index (χ3v) is 5.12. The Bertz CT molecular complexity index is 944. The molecule has 2 aromatic heterocycles. The van der Waals surface area contributed by atoms with E-state index in [0.717, 1.165) is 17.2 Å². The molecule has 0 spiro atoms. The first kappa shape index (κ1) is 19.9. The zero-order valence-electron chi connectivity index (χ0n) is 17.2. The van der Waals surface area contributed by atoms with Crippen LogP contribution in [0.25, 0.3) is 0 Å². The van der Waals surface area contributed by atoms with Gasteiger partial charge in [-0.1, -0.05) is 0 Å². The van der Waals surface area contributed by atoms with Gasteiger partial charge in [0.25, 0.3) is 0 Å². The number of nitrogens with one attached hydrogen (secondary N) is 1. The second kappa shape index (κ2) is 8.52. The Hall–Kier alpha value is -3.43. The summed E-state index contributed by atoms with van der Waals surface area (Å²) in [5.74, 6) is 2.83. The largest absolute Gasteiger partial charge is 0.448 e. The summed E-state index contributed by atoms with van der Waals surface area (Å²) in [7, 11) is 0. The Kier molecular flexibility index (Phi) is 5.64. The van der Waals surface area contributed by atoms with Crippen LogP contribution in [-0.4, -0.2) is 82.6 Å². The minimum Gasteiger partial charge on any atom is -0.448 e. The molecule has 10 nitrogen and oxygen atoms in total. The number of nitrogens with zero attached hydrogens (tertiary/aromatic N) is 6. The average molecular weight is 411 g/mol. The van der Waals surface area contributed by atoms with Gasteiger partial charge < -0.3 is 19.9 Å². The van der Waals surface area contributed by atoms with Crippen LogP contribution in [0.3, 0.4) is 0 Å². The highest BCUT2D eigenvalue weighted by Crippen LogP contribution is 2.20. The van der Waals surface area contributed by atoms with Gasteiger partial charge in [0.05, 0.1) is 6.54 Å². The van der Waals surface area contributed by atoms with Gasteiger partial charge >= 0.3 is 6.09 Å². The molecule has 158 valence electrons. The van der Waals surface area contributed by atoms with E-state index in [0.29, 0.717) is 51.0 Å². The summed E-state index contributed by atoms with van der Waals surface area (Å²) >= 11 is 0. The molecule has 2 aliphatic rings. The van der Waals surface area contributed by atoms with Crippen LogP contribution >= 0.6 is 0 Å². The van der Waals surface area contributed by atoms with Gasteiger partial charge in [0.1, 0.15) is 36.4 Å². The fourth-order valence-corrected chi connectivity index (χ4v) is 3.53. The van der Waals surface area contributed by atoms with Crippen molar-refractivity contribution < 1.29 is 14.3 Å². The topological polar surface area (TPSA) is 104 Å². The number of anilines is 3. The summed E-state index contributed by atoms with van der Waals surface area (Å²) < 4.78 is 4.88. The number of ether oxygens (including phenoxy) is 1. The number of carbonyl (C=O) groups excluding carboxylic acids is 2.